The number of carbonyl (C=O) groups excluding carboxylic acids is 1. The fourth-order valence-corrected chi connectivity index (χ4v) is 4.25. The zero-order valence-electron chi connectivity index (χ0n) is 20.2. The van der Waals surface area contributed by atoms with E-state index in [0.717, 1.165) is 65.4 Å². The normalized spacial score (nSPS) is 11.2. The molecule has 0 fully saturated rings. The Bertz CT molecular complexity index is 1230. The van der Waals surface area contributed by atoms with Crippen LogP contribution in [0.2, 0.25) is 0 Å². The van der Waals surface area contributed by atoms with E-state index in [-0.39, 0.29) is 6.03 Å². The van der Waals surface area contributed by atoms with Gasteiger partial charge in [-0.2, -0.15) is 0 Å². The van der Waals surface area contributed by atoms with Crippen LogP contribution in [-0.2, 0) is 0 Å². The van der Waals surface area contributed by atoms with E-state index in [2.05, 4.69) is 64.3 Å². The van der Waals surface area contributed by atoms with E-state index in [0.29, 0.717) is 6.54 Å². The summed E-state index contributed by atoms with van der Waals surface area (Å²) in [5.74, 6) is 0.959. The van der Waals surface area contributed by atoms with Crippen molar-refractivity contribution in [3.63, 3.8) is 0 Å². The number of para-hydroxylation sites is 1. The predicted molar refractivity (Wildman–Crippen MR) is 141 cm³/mol. The standard InChI is InChI=1S/C28H33N5O/c1-4-32(5-2)19-9-18-29-28(34)31-24-15-12-22(13-16-24)23-14-17-27-26(20-23)30-21(3)33(27)25-10-7-6-8-11-25/h6-8,10-17,20H,4-5,9,18-19H2,1-3H3,(H2,29,31,34). The predicted octanol–water partition coefficient (Wildman–Crippen LogP) is 5.85. The molecule has 6 heteroatoms. The minimum atomic E-state index is -0.171. The lowest BCUT2D eigenvalue weighted by atomic mass is 10.0. The first-order chi connectivity index (χ1) is 16.6. The van der Waals surface area contributed by atoms with Gasteiger partial charge in [0.25, 0.3) is 0 Å². The second-order valence-electron chi connectivity index (χ2n) is 8.37. The Morgan fingerprint density at radius 2 is 1.65 bits per heavy atom. The monoisotopic (exact) mass is 455 g/mol. The SMILES string of the molecule is CCN(CC)CCCNC(=O)Nc1ccc(-c2ccc3c(c2)nc(C)n3-c2ccccc2)cc1. The highest BCUT2D eigenvalue weighted by Gasteiger charge is 2.11. The zero-order valence-corrected chi connectivity index (χ0v) is 20.2. The van der Waals surface area contributed by atoms with E-state index in [9.17, 15) is 4.79 Å². The smallest absolute Gasteiger partial charge is 0.319 e. The van der Waals surface area contributed by atoms with E-state index in [1.165, 1.54) is 0 Å². The van der Waals surface area contributed by atoms with Gasteiger partial charge in [-0.05, 0) is 80.5 Å². The van der Waals surface area contributed by atoms with Gasteiger partial charge in [0, 0.05) is 17.9 Å². The van der Waals surface area contributed by atoms with Crippen molar-refractivity contribution in [2.75, 3.05) is 31.5 Å². The largest absolute Gasteiger partial charge is 0.338 e. The van der Waals surface area contributed by atoms with Gasteiger partial charge in [0.2, 0.25) is 0 Å². The Balaban J connectivity index is 1.40. The van der Waals surface area contributed by atoms with Crippen LogP contribution in [0.5, 0.6) is 0 Å². The molecule has 6 nitrogen and oxygen atoms in total. The van der Waals surface area contributed by atoms with Gasteiger partial charge < -0.3 is 15.5 Å². The number of amides is 2. The van der Waals surface area contributed by atoms with Crippen molar-refractivity contribution >= 4 is 22.8 Å². The number of rotatable bonds is 9. The molecule has 34 heavy (non-hydrogen) atoms. The third kappa shape index (κ3) is 5.46. The highest BCUT2D eigenvalue weighted by molar-refractivity contribution is 5.90. The van der Waals surface area contributed by atoms with Crippen LogP contribution in [0.4, 0.5) is 10.5 Å². The third-order valence-corrected chi connectivity index (χ3v) is 6.14. The molecule has 4 rings (SSSR count). The molecule has 4 aromatic rings. The Kier molecular flexibility index (Phi) is 7.60. The van der Waals surface area contributed by atoms with E-state index >= 15 is 0 Å². The summed E-state index contributed by atoms with van der Waals surface area (Å²) < 4.78 is 2.17. The van der Waals surface area contributed by atoms with Crippen LogP contribution in [0.25, 0.3) is 27.8 Å². The molecule has 0 aliphatic rings. The molecule has 0 unspecified atom stereocenters. The van der Waals surface area contributed by atoms with Gasteiger partial charge in [-0.1, -0.05) is 50.2 Å². The molecule has 0 saturated carbocycles. The molecule has 0 aliphatic carbocycles. The number of benzene rings is 3. The van der Waals surface area contributed by atoms with Crippen LogP contribution < -0.4 is 10.6 Å². The summed E-state index contributed by atoms with van der Waals surface area (Å²) in [6, 6.07) is 24.4. The fraction of sp³-hybridized carbons (Fsp3) is 0.286. The first-order valence-electron chi connectivity index (χ1n) is 12.0. The number of nitrogens with one attached hydrogen (secondary N) is 2. The summed E-state index contributed by atoms with van der Waals surface area (Å²) >= 11 is 0. The van der Waals surface area contributed by atoms with Gasteiger partial charge in [0.05, 0.1) is 11.0 Å². The van der Waals surface area contributed by atoms with Gasteiger partial charge in [0.1, 0.15) is 5.82 Å². The van der Waals surface area contributed by atoms with Crippen LogP contribution in [0.15, 0.2) is 72.8 Å². The summed E-state index contributed by atoms with van der Waals surface area (Å²) in [6.45, 7) is 10.1. The molecule has 0 radical (unpaired) electrons. The number of carbonyl (C=O) groups is 1. The van der Waals surface area contributed by atoms with Crippen molar-refractivity contribution in [3.8, 4) is 16.8 Å². The van der Waals surface area contributed by atoms with Crippen molar-refractivity contribution in [2.24, 2.45) is 0 Å². The summed E-state index contributed by atoms with van der Waals surface area (Å²) in [4.78, 5) is 19.3. The summed E-state index contributed by atoms with van der Waals surface area (Å²) in [6.07, 6.45) is 0.940. The summed E-state index contributed by atoms with van der Waals surface area (Å²) in [5.41, 5.74) is 6.11. The van der Waals surface area contributed by atoms with Crippen molar-refractivity contribution in [2.45, 2.75) is 27.2 Å². The average molecular weight is 456 g/mol. The molecule has 0 spiro atoms. The third-order valence-electron chi connectivity index (χ3n) is 6.14. The Labute approximate surface area is 201 Å². The number of hydrogen-bond donors (Lipinski definition) is 2. The van der Waals surface area contributed by atoms with Crippen molar-refractivity contribution < 1.29 is 4.79 Å². The molecule has 0 saturated heterocycles. The summed E-state index contributed by atoms with van der Waals surface area (Å²) in [7, 11) is 0. The maximum absolute atomic E-state index is 12.2. The van der Waals surface area contributed by atoms with E-state index in [4.69, 9.17) is 4.98 Å². The van der Waals surface area contributed by atoms with Gasteiger partial charge in [-0.3, -0.25) is 4.57 Å². The van der Waals surface area contributed by atoms with Crippen molar-refractivity contribution in [1.29, 1.82) is 0 Å². The summed E-state index contributed by atoms with van der Waals surface area (Å²) in [5, 5.41) is 5.85. The quantitative estimate of drug-likeness (QED) is 0.311. The highest BCUT2D eigenvalue weighted by atomic mass is 16.2. The maximum atomic E-state index is 12.2. The Morgan fingerprint density at radius 1 is 0.941 bits per heavy atom. The van der Waals surface area contributed by atoms with E-state index < -0.39 is 0 Å². The first-order valence-corrected chi connectivity index (χ1v) is 12.0. The molecule has 1 aromatic heterocycles. The molecule has 3 aromatic carbocycles. The molecule has 0 atom stereocenters. The number of hydrogen-bond acceptors (Lipinski definition) is 3. The number of aryl methyl sites for hydroxylation is 1. The number of aromatic nitrogens is 2. The zero-order chi connectivity index (χ0) is 23.9. The maximum Gasteiger partial charge on any atom is 0.319 e. The van der Waals surface area contributed by atoms with Crippen LogP contribution in [0.3, 0.4) is 0 Å². The molecule has 176 valence electrons. The minimum absolute atomic E-state index is 0.171. The van der Waals surface area contributed by atoms with E-state index in [1.807, 2.05) is 49.4 Å². The first kappa shape index (κ1) is 23.5. The molecule has 2 N–H and O–H groups in total. The number of imidazole rings is 1. The molecular formula is C28H33N5O. The lowest BCUT2D eigenvalue weighted by Gasteiger charge is -2.17. The average Bonchev–Trinajstić information content (AvgIpc) is 3.20. The number of fused-ring (bicyclic) bond motifs is 1. The van der Waals surface area contributed by atoms with Crippen LogP contribution in [0, 0.1) is 6.92 Å². The van der Waals surface area contributed by atoms with Gasteiger partial charge in [-0.15, -0.1) is 0 Å². The molecule has 0 aliphatic heterocycles. The van der Waals surface area contributed by atoms with Gasteiger partial charge in [0.15, 0.2) is 0 Å². The second kappa shape index (κ2) is 11.0. The van der Waals surface area contributed by atoms with Gasteiger partial charge in [-0.25, -0.2) is 9.78 Å². The Hall–Kier alpha value is -3.64. The van der Waals surface area contributed by atoms with Crippen LogP contribution in [-0.4, -0.2) is 46.7 Å². The number of urea groups is 1. The minimum Gasteiger partial charge on any atom is -0.338 e. The fourth-order valence-electron chi connectivity index (χ4n) is 4.25. The molecule has 0 bridgehead atoms. The van der Waals surface area contributed by atoms with Gasteiger partial charge >= 0.3 is 6.03 Å². The lowest BCUT2D eigenvalue weighted by Crippen LogP contribution is -2.32. The topological polar surface area (TPSA) is 62.2 Å². The highest BCUT2D eigenvalue weighted by Crippen LogP contribution is 2.27. The molecular weight excluding hydrogens is 422 g/mol. The second-order valence-corrected chi connectivity index (χ2v) is 8.37. The van der Waals surface area contributed by atoms with Crippen molar-refractivity contribution in [3.05, 3.63) is 78.6 Å². The van der Waals surface area contributed by atoms with Crippen molar-refractivity contribution in [1.82, 2.24) is 19.8 Å². The van der Waals surface area contributed by atoms with Crippen LogP contribution >= 0.6 is 0 Å². The Morgan fingerprint density at radius 3 is 2.35 bits per heavy atom. The number of anilines is 1. The molecule has 1 heterocycles. The van der Waals surface area contributed by atoms with E-state index in [1.54, 1.807) is 0 Å². The van der Waals surface area contributed by atoms with Crippen LogP contribution in [0.1, 0.15) is 26.1 Å². The number of nitrogens with zero attached hydrogens (tertiary/aromatic N) is 3. The lowest BCUT2D eigenvalue weighted by molar-refractivity contribution is 0.250. The molecule has 2 amide bonds.